The molecule has 1 aliphatic heterocycles. The Morgan fingerprint density at radius 2 is 1.93 bits per heavy atom. The van der Waals surface area contributed by atoms with Crippen LogP contribution in [0.15, 0.2) is 41.4 Å². The maximum absolute atomic E-state index is 13.6. The Hall–Kier alpha value is -3.14. The Morgan fingerprint density at radius 3 is 2.63 bits per heavy atom. The Balaban J connectivity index is 1.71. The Bertz CT molecular complexity index is 967. The van der Waals surface area contributed by atoms with E-state index in [1.54, 1.807) is 18.2 Å². The van der Waals surface area contributed by atoms with Crippen molar-refractivity contribution < 1.29 is 27.6 Å². The molecule has 2 aromatic rings. The van der Waals surface area contributed by atoms with Crippen LogP contribution in [0.3, 0.4) is 0 Å². The first kappa shape index (κ1) is 18.6. The maximum Gasteiger partial charge on any atom is 0.294 e. The molecule has 1 saturated heterocycles. The lowest BCUT2D eigenvalue weighted by Crippen LogP contribution is -2.36. The molecule has 0 unspecified atom stereocenters. The highest BCUT2D eigenvalue weighted by atomic mass is 32.2. The number of carbonyl (C=O) groups excluding carboxylic acids is 3. The van der Waals surface area contributed by atoms with Crippen LogP contribution in [0.5, 0.6) is 0 Å². The molecule has 6 nitrogen and oxygen atoms in total. The summed E-state index contributed by atoms with van der Waals surface area (Å²) in [6.45, 7) is -0.706. The quantitative estimate of drug-likeness (QED) is 0.638. The zero-order valence-electron chi connectivity index (χ0n) is 13.4. The van der Waals surface area contributed by atoms with Crippen molar-refractivity contribution in [1.29, 1.82) is 0 Å². The van der Waals surface area contributed by atoms with Crippen LogP contribution < -0.4 is 5.32 Å². The van der Waals surface area contributed by atoms with Crippen molar-refractivity contribution in [3.63, 3.8) is 0 Å². The van der Waals surface area contributed by atoms with Gasteiger partial charge < -0.3 is 5.32 Å². The van der Waals surface area contributed by atoms with Gasteiger partial charge in [0.25, 0.3) is 11.1 Å². The van der Waals surface area contributed by atoms with E-state index in [9.17, 15) is 27.6 Å². The highest BCUT2D eigenvalue weighted by Gasteiger charge is 2.36. The first-order valence-corrected chi connectivity index (χ1v) is 8.28. The fourth-order valence-electron chi connectivity index (χ4n) is 2.19. The predicted molar refractivity (Wildman–Crippen MR) is 91.9 cm³/mol. The van der Waals surface area contributed by atoms with Gasteiger partial charge >= 0.3 is 0 Å². The van der Waals surface area contributed by atoms with Gasteiger partial charge in [0.2, 0.25) is 5.91 Å². The van der Waals surface area contributed by atoms with Crippen LogP contribution in [0, 0.1) is 17.5 Å². The maximum atomic E-state index is 13.6. The normalized spacial score (nSPS) is 15.5. The molecule has 3 amide bonds. The number of halogens is 3. The Labute approximate surface area is 155 Å². The molecule has 27 heavy (non-hydrogen) atoms. The third-order valence-corrected chi connectivity index (χ3v) is 4.36. The van der Waals surface area contributed by atoms with Crippen LogP contribution >= 0.6 is 11.8 Å². The molecule has 3 rings (SSSR count). The summed E-state index contributed by atoms with van der Waals surface area (Å²) in [7, 11) is 0. The summed E-state index contributed by atoms with van der Waals surface area (Å²) in [4.78, 5) is 41.0. The second kappa shape index (κ2) is 7.62. The van der Waals surface area contributed by atoms with E-state index in [0.717, 1.165) is 6.07 Å². The largest absolute Gasteiger partial charge is 0.322 e. The van der Waals surface area contributed by atoms with E-state index in [1.807, 2.05) is 5.32 Å². The van der Waals surface area contributed by atoms with Crippen molar-refractivity contribution in [2.45, 2.75) is 0 Å². The van der Waals surface area contributed by atoms with Gasteiger partial charge in [-0.1, -0.05) is 6.07 Å². The van der Waals surface area contributed by atoms with Crippen molar-refractivity contribution in [3.05, 3.63) is 64.6 Å². The first-order valence-electron chi connectivity index (χ1n) is 7.46. The molecule has 2 heterocycles. The summed E-state index contributed by atoms with van der Waals surface area (Å²) >= 11 is 0.627. The second-order valence-electron chi connectivity index (χ2n) is 5.29. The molecular formula is C17H10F3N3O3S. The van der Waals surface area contributed by atoms with E-state index < -0.39 is 46.7 Å². The molecule has 0 saturated carbocycles. The first-order chi connectivity index (χ1) is 12.9. The van der Waals surface area contributed by atoms with Gasteiger partial charge in [-0.25, -0.2) is 13.2 Å². The van der Waals surface area contributed by atoms with Gasteiger partial charge in [-0.3, -0.25) is 24.3 Å². The van der Waals surface area contributed by atoms with E-state index in [-0.39, 0.29) is 4.91 Å². The number of anilines is 1. The number of benzene rings is 1. The summed E-state index contributed by atoms with van der Waals surface area (Å²) in [5.41, 5.74) is -0.147. The fourth-order valence-corrected chi connectivity index (χ4v) is 3.01. The number of carbonyl (C=O) groups is 3. The molecule has 1 fully saturated rings. The summed E-state index contributed by atoms with van der Waals surface area (Å²) in [5.74, 6) is -6.38. The number of aromatic nitrogens is 1. The molecule has 0 atom stereocenters. The molecule has 10 heteroatoms. The van der Waals surface area contributed by atoms with Crippen LogP contribution in [0.4, 0.5) is 23.7 Å². The average molecular weight is 393 g/mol. The third-order valence-electron chi connectivity index (χ3n) is 3.45. The number of nitrogens with zero attached hydrogens (tertiary/aromatic N) is 2. The summed E-state index contributed by atoms with van der Waals surface area (Å²) in [5, 5.41) is 1.31. The fraction of sp³-hybridized carbons (Fsp3) is 0.0588. The molecule has 138 valence electrons. The van der Waals surface area contributed by atoms with Crippen molar-refractivity contribution in [2.75, 3.05) is 11.9 Å². The number of thioether (sulfide) groups is 1. The van der Waals surface area contributed by atoms with Crippen molar-refractivity contribution in [2.24, 2.45) is 0 Å². The molecule has 1 aliphatic rings. The van der Waals surface area contributed by atoms with E-state index in [1.165, 1.54) is 12.3 Å². The van der Waals surface area contributed by atoms with Crippen LogP contribution in [0.2, 0.25) is 0 Å². The third kappa shape index (κ3) is 4.00. The minimum absolute atomic E-state index is 0.0745. The number of hydrogen-bond acceptors (Lipinski definition) is 5. The second-order valence-corrected chi connectivity index (χ2v) is 6.29. The van der Waals surface area contributed by atoms with Crippen LogP contribution in [-0.4, -0.2) is 33.5 Å². The van der Waals surface area contributed by atoms with Gasteiger partial charge in [0, 0.05) is 6.20 Å². The highest BCUT2D eigenvalue weighted by molar-refractivity contribution is 8.18. The number of imide groups is 1. The number of amides is 3. The number of pyridine rings is 1. The lowest BCUT2D eigenvalue weighted by atomic mass is 10.2. The minimum atomic E-state index is -1.74. The highest BCUT2D eigenvalue weighted by Crippen LogP contribution is 2.31. The monoisotopic (exact) mass is 393 g/mol. The van der Waals surface area contributed by atoms with Gasteiger partial charge in [0.15, 0.2) is 17.5 Å². The SMILES string of the molecule is O=C(CN1C(=O)S/C(=C\c2ccccn2)C1=O)Nc1ccc(F)c(F)c1F. The number of hydrogen-bond donors (Lipinski definition) is 1. The molecule has 1 aromatic carbocycles. The lowest BCUT2D eigenvalue weighted by Gasteiger charge is -2.13. The van der Waals surface area contributed by atoms with Crippen LogP contribution in [0.1, 0.15) is 5.69 Å². The van der Waals surface area contributed by atoms with Crippen molar-refractivity contribution in [1.82, 2.24) is 9.88 Å². The molecule has 0 aliphatic carbocycles. The zero-order valence-corrected chi connectivity index (χ0v) is 14.2. The predicted octanol–water partition coefficient (Wildman–Crippen LogP) is 3.17. The number of nitrogens with one attached hydrogen (secondary N) is 1. The summed E-state index contributed by atoms with van der Waals surface area (Å²) < 4.78 is 39.7. The topological polar surface area (TPSA) is 79.4 Å². The van der Waals surface area contributed by atoms with Gasteiger partial charge in [-0.2, -0.15) is 0 Å². The van der Waals surface area contributed by atoms with Crippen molar-refractivity contribution in [3.8, 4) is 0 Å². The molecule has 0 bridgehead atoms. The van der Waals surface area contributed by atoms with E-state index in [2.05, 4.69) is 4.98 Å². The standard InChI is InChI=1S/C17H10F3N3O3S/c18-10-4-5-11(15(20)14(10)19)22-13(24)8-23-16(25)12(27-17(23)26)7-9-3-1-2-6-21-9/h1-7H,8H2,(H,22,24)/b12-7-. The van der Waals surface area contributed by atoms with Gasteiger partial charge in [0.1, 0.15) is 6.54 Å². The smallest absolute Gasteiger partial charge is 0.294 e. The van der Waals surface area contributed by atoms with Gasteiger partial charge in [0.05, 0.1) is 16.3 Å². The van der Waals surface area contributed by atoms with Crippen LogP contribution in [-0.2, 0) is 9.59 Å². The van der Waals surface area contributed by atoms with E-state index >= 15 is 0 Å². The summed E-state index contributed by atoms with van der Waals surface area (Å²) in [6.07, 6.45) is 2.91. The minimum Gasteiger partial charge on any atom is -0.322 e. The zero-order chi connectivity index (χ0) is 19.6. The average Bonchev–Trinajstić information content (AvgIpc) is 2.90. The van der Waals surface area contributed by atoms with E-state index in [0.29, 0.717) is 28.4 Å². The van der Waals surface area contributed by atoms with Crippen LogP contribution in [0.25, 0.3) is 6.08 Å². The summed E-state index contributed by atoms with van der Waals surface area (Å²) in [6, 6.07) is 6.49. The molecular weight excluding hydrogens is 383 g/mol. The van der Waals surface area contributed by atoms with E-state index in [4.69, 9.17) is 0 Å². The molecule has 1 N–H and O–H groups in total. The van der Waals surface area contributed by atoms with Gasteiger partial charge in [-0.05, 0) is 42.1 Å². The molecule has 0 spiro atoms. The Kier molecular flexibility index (Phi) is 5.26. The van der Waals surface area contributed by atoms with Crippen molar-refractivity contribution >= 4 is 40.6 Å². The van der Waals surface area contributed by atoms with Gasteiger partial charge in [-0.15, -0.1) is 0 Å². The number of rotatable bonds is 4. The molecule has 1 aromatic heterocycles. The Morgan fingerprint density at radius 1 is 1.15 bits per heavy atom. The molecule has 0 radical (unpaired) electrons. The lowest BCUT2D eigenvalue weighted by molar-refractivity contribution is -0.127.